The lowest BCUT2D eigenvalue weighted by Crippen LogP contribution is -2.19. The fourth-order valence-corrected chi connectivity index (χ4v) is 1.45. The molecule has 0 aliphatic heterocycles. The predicted molar refractivity (Wildman–Crippen MR) is 60.3 cm³/mol. The smallest absolute Gasteiger partial charge is 0.152 e. The van der Waals surface area contributed by atoms with E-state index in [9.17, 15) is 4.79 Å². The highest BCUT2D eigenvalue weighted by molar-refractivity contribution is 6.31. The number of aldehydes is 1. The molecular weight excluding hydrogens is 212 g/mol. The van der Waals surface area contributed by atoms with E-state index in [1.54, 1.807) is 18.2 Å². The average molecular weight is 223 g/mol. The van der Waals surface area contributed by atoms with Crippen LogP contribution in [0.2, 0.25) is 5.02 Å². The number of carbonyl (C=O) groups is 1. The lowest BCUT2D eigenvalue weighted by Gasteiger charge is -2.19. The van der Waals surface area contributed by atoms with E-state index in [0.29, 0.717) is 23.6 Å². The van der Waals surface area contributed by atoms with Gasteiger partial charge < -0.3 is 4.90 Å². The lowest BCUT2D eigenvalue weighted by atomic mass is 10.2. The van der Waals surface area contributed by atoms with Crippen LogP contribution in [0.3, 0.4) is 0 Å². The van der Waals surface area contributed by atoms with E-state index in [1.165, 1.54) is 0 Å². The number of benzene rings is 1. The summed E-state index contributed by atoms with van der Waals surface area (Å²) in [5.74, 6) is 0. The summed E-state index contributed by atoms with van der Waals surface area (Å²) in [6.45, 7) is 0.581. The summed E-state index contributed by atoms with van der Waals surface area (Å²) in [4.78, 5) is 12.6. The molecule has 0 aromatic heterocycles. The molecule has 1 aromatic carbocycles. The minimum Gasteiger partial charge on any atom is -0.373 e. The quantitative estimate of drug-likeness (QED) is 0.736. The lowest BCUT2D eigenvalue weighted by molar-refractivity contribution is 0.112. The molecule has 0 atom stereocenters. The molecule has 0 fully saturated rings. The first-order valence-corrected chi connectivity index (χ1v) is 4.89. The van der Waals surface area contributed by atoms with Gasteiger partial charge in [-0.1, -0.05) is 11.6 Å². The molecule has 0 aliphatic carbocycles. The van der Waals surface area contributed by atoms with Gasteiger partial charge in [0.2, 0.25) is 0 Å². The number of hydrogen-bond donors (Lipinski definition) is 0. The standard InChI is InChI=1S/C11H11ClN2O/c1-14(6-2-5-13)11-7-10(12)4-3-9(11)8-15/h3-4,7-8H,2,6H2,1H3. The third-order valence-corrected chi connectivity index (χ3v) is 2.32. The summed E-state index contributed by atoms with van der Waals surface area (Å²) in [6, 6.07) is 7.13. The van der Waals surface area contributed by atoms with E-state index in [1.807, 2.05) is 11.9 Å². The number of carbonyl (C=O) groups excluding carboxylic acids is 1. The highest BCUT2D eigenvalue weighted by Crippen LogP contribution is 2.22. The molecule has 15 heavy (non-hydrogen) atoms. The zero-order valence-electron chi connectivity index (χ0n) is 8.40. The Hall–Kier alpha value is -1.53. The molecule has 0 spiro atoms. The molecule has 0 radical (unpaired) electrons. The number of nitriles is 1. The Morgan fingerprint density at radius 1 is 1.60 bits per heavy atom. The predicted octanol–water partition coefficient (Wildman–Crippen LogP) is 2.50. The van der Waals surface area contributed by atoms with Crippen LogP contribution in [-0.2, 0) is 0 Å². The zero-order valence-corrected chi connectivity index (χ0v) is 9.16. The highest BCUT2D eigenvalue weighted by Gasteiger charge is 2.07. The second kappa shape index (κ2) is 5.38. The second-order valence-electron chi connectivity index (χ2n) is 3.15. The molecule has 0 saturated carbocycles. The highest BCUT2D eigenvalue weighted by atomic mass is 35.5. The van der Waals surface area contributed by atoms with Crippen molar-refractivity contribution in [2.75, 3.05) is 18.5 Å². The molecule has 1 aromatic rings. The maximum absolute atomic E-state index is 10.8. The second-order valence-corrected chi connectivity index (χ2v) is 3.59. The maximum atomic E-state index is 10.8. The first-order valence-electron chi connectivity index (χ1n) is 4.52. The molecule has 3 nitrogen and oxygen atoms in total. The van der Waals surface area contributed by atoms with Crippen molar-refractivity contribution < 1.29 is 4.79 Å². The Kier molecular flexibility index (Phi) is 4.14. The van der Waals surface area contributed by atoms with Gasteiger partial charge in [-0.2, -0.15) is 5.26 Å². The van der Waals surface area contributed by atoms with Crippen LogP contribution in [0.5, 0.6) is 0 Å². The van der Waals surface area contributed by atoms with E-state index in [0.717, 1.165) is 12.0 Å². The van der Waals surface area contributed by atoms with Gasteiger partial charge in [-0.15, -0.1) is 0 Å². The fourth-order valence-electron chi connectivity index (χ4n) is 1.29. The molecule has 0 unspecified atom stereocenters. The summed E-state index contributed by atoms with van der Waals surface area (Å²) >= 11 is 5.84. The normalized spacial score (nSPS) is 9.40. The van der Waals surface area contributed by atoms with Gasteiger partial charge in [0, 0.05) is 29.9 Å². The van der Waals surface area contributed by atoms with Crippen LogP contribution in [0.1, 0.15) is 16.8 Å². The molecule has 4 heteroatoms. The third-order valence-electron chi connectivity index (χ3n) is 2.09. The van der Waals surface area contributed by atoms with Crippen LogP contribution in [0.25, 0.3) is 0 Å². The van der Waals surface area contributed by atoms with Gasteiger partial charge in [-0.25, -0.2) is 0 Å². The fraction of sp³-hybridized carbons (Fsp3) is 0.273. The van der Waals surface area contributed by atoms with E-state index in [-0.39, 0.29) is 0 Å². The Labute approximate surface area is 93.9 Å². The third kappa shape index (κ3) is 2.97. The number of hydrogen-bond acceptors (Lipinski definition) is 3. The topological polar surface area (TPSA) is 44.1 Å². The number of halogens is 1. The molecule has 1 rings (SSSR count). The molecule has 0 bridgehead atoms. The largest absolute Gasteiger partial charge is 0.373 e. The van der Waals surface area contributed by atoms with Gasteiger partial charge in [0.15, 0.2) is 6.29 Å². The van der Waals surface area contributed by atoms with Crippen molar-refractivity contribution in [2.24, 2.45) is 0 Å². The van der Waals surface area contributed by atoms with E-state index >= 15 is 0 Å². The van der Waals surface area contributed by atoms with E-state index < -0.39 is 0 Å². The van der Waals surface area contributed by atoms with Crippen LogP contribution < -0.4 is 4.90 Å². The number of nitrogens with zero attached hydrogens (tertiary/aromatic N) is 2. The number of anilines is 1. The summed E-state index contributed by atoms with van der Waals surface area (Å²) in [7, 11) is 1.83. The molecule has 0 saturated heterocycles. The van der Waals surface area contributed by atoms with Crippen molar-refractivity contribution in [3.05, 3.63) is 28.8 Å². The first-order chi connectivity index (χ1) is 7.19. The van der Waals surface area contributed by atoms with Crippen LogP contribution in [-0.4, -0.2) is 19.9 Å². The molecule has 78 valence electrons. The van der Waals surface area contributed by atoms with Gasteiger partial charge in [-0.3, -0.25) is 4.79 Å². The summed E-state index contributed by atoms with van der Waals surface area (Å²) in [5, 5.41) is 9.05. The summed E-state index contributed by atoms with van der Waals surface area (Å²) in [6.07, 6.45) is 1.20. The van der Waals surface area contributed by atoms with Gasteiger partial charge >= 0.3 is 0 Å². The summed E-state index contributed by atoms with van der Waals surface area (Å²) in [5.41, 5.74) is 1.34. The minimum atomic E-state index is 0.418. The zero-order chi connectivity index (χ0) is 11.3. The van der Waals surface area contributed by atoms with Crippen molar-refractivity contribution in [2.45, 2.75) is 6.42 Å². The van der Waals surface area contributed by atoms with Crippen molar-refractivity contribution >= 4 is 23.6 Å². The van der Waals surface area contributed by atoms with E-state index in [2.05, 4.69) is 6.07 Å². The van der Waals surface area contributed by atoms with Crippen molar-refractivity contribution in [1.29, 1.82) is 5.26 Å². The SMILES string of the molecule is CN(CCC#N)c1cc(Cl)ccc1C=O. The van der Waals surface area contributed by atoms with Gasteiger partial charge in [0.05, 0.1) is 12.5 Å². The maximum Gasteiger partial charge on any atom is 0.152 e. The monoisotopic (exact) mass is 222 g/mol. The molecule has 0 amide bonds. The van der Waals surface area contributed by atoms with Gasteiger partial charge in [0.25, 0.3) is 0 Å². The Balaban J connectivity index is 2.95. The van der Waals surface area contributed by atoms with Crippen molar-refractivity contribution in [1.82, 2.24) is 0 Å². The van der Waals surface area contributed by atoms with Crippen LogP contribution in [0, 0.1) is 11.3 Å². The Morgan fingerprint density at radius 3 is 2.93 bits per heavy atom. The Morgan fingerprint density at radius 2 is 2.33 bits per heavy atom. The van der Waals surface area contributed by atoms with Gasteiger partial charge in [-0.05, 0) is 18.2 Å². The molecule has 0 heterocycles. The molecule has 0 N–H and O–H groups in total. The van der Waals surface area contributed by atoms with Crippen molar-refractivity contribution in [3.63, 3.8) is 0 Å². The van der Waals surface area contributed by atoms with E-state index in [4.69, 9.17) is 16.9 Å². The van der Waals surface area contributed by atoms with Crippen molar-refractivity contribution in [3.8, 4) is 6.07 Å². The minimum absolute atomic E-state index is 0.418. The van der Waals surface area contributed by atoms with Crippen LogP contribution in [0.4, 0.5) is 5.69 Å². The molecular formula is C11H11ClN2O. The molecule has 0 aliphatic rings. The van der Waals surface area contributed by atoms with Gasteiger partial charge in [0.1, 0.15) is 0 Å². The number of rotatable bonds is 4. The average Bonchev–Trinajstić information content (AvgIpc) is 2.25. The summed E-state index contributed by atoms with van der Waals surface area (Å²) < 4.78 is 0. The van der Waals surface area contributed by atoms with Crippen LogP contribution in [0.15, 0.2) is 18.2 Å². The first kappa shape index (κ1) is 11.5. The Bertz CT molecular complexity index is 398. The van der Waals surface area contributed by atoms with Crippen LogP contribution >= 0.6 is 11.6 Å².